The molecule has 218 valence electrons. The molecule has 1 aliphatic heterocycles. The van der Waals surface area contributed by atoms with Crippen LogP contribution >= 0.6 is 0 Å². The molecule has 4 rings (SSSR count). The van der Waals surface area contributed by atoms with Gasteiger partial charge < -0.3 is 24.4 Å². The number of hydrogen-bond acceptors (Lipinski definition) is 7. The molecule has 0 fully saturated rings. The van der Waals surface area contributed by atoms with Gasteiger partial charge in [0.25, 0.3) is 10.0 Å². The number of hydrogen-bond donors (Lipinski definition) is 1. The Morgan fingerprint density at radius 1 is 1.02 bits per heavy atom. The van der Waals surface area contributed by atoms with Crippen molar-refractivity contribution in [3.05, 3.63) is 78.1 Å². The van der Waals surface area contributed by atoms with Crippen LogP contribution in [0.3, 0.4) is 0 Å². The first-order valence-electron chi connectivity index (χ1n) is 13.0. The van der Waals surface area contributed by atoms with Gasteiger partial charge in [-0.25, -0.2) is 12.8 Å². The van der Waals surface area contributed by atoms with Gasteiger partial charge in [-0.05, 0) is 67.9 Å². The second-order valence-corrected chi connectivity index (χ2v) is 11.1. The summed E-state index contributed by atoms with van der Waals surface area (Å²) in [5.74, 6) is -0.383. The van der Waals surface area contributed by atoms with E-state index in [1.165, 1.54) is 42.3 Å². The molecule has 3 aromatic rings. The number of benzene rings is 3. The van der Waals surface area contributed by atoms with Gasteiger partial charge in [-0.2, -0.15) is 0 Å². The average molecular weight is 586 g/mol. The lowest BCUT2D eigenvalue weighted by molar-refractivity contribution is -0.139. The molecular weight excluding hydrogens is 553 g/mol. The lowest BCUT2D eigenvalue weighted by Crippen LogP contribution is -2.51. The van der Waals surface area contributed by atoms with Crippen molar-refractivity contribution in [2.75, 3.05) is 37.7 Å². The van der Waals surface area contributed by atoms with E-state index in [2.05, 4.69) is 5.32 Å². The molecule has 0 saturated carbocycles. The fraction of sp³-hybridized carbons (Fsp3) is 0.310. The van der Waals surface area contributed by atoms with Crippen molar-refractivity contribution in [2.24, 2.45) is 0 Å². The number of rotatable bonds is 11. The number of carbonyl (C=O) groups excluding carboxylic acids is 2. The lowest BCUT2D eigenvalue weighted by Gasteiger charge is -2.32. The third-order valence-corrected chi connectivity index (χ3v) is 8.27. The van der Waals surface area contributed by atoms with Gasteiger partial charge in [0.05, 0.1) is 17.7 Å². The molecule has 0 bridgehead atoms. The summed E-state index contributed by atoms with van der Waals surface area (Å²) in [5.41, 5.74) is 0.749. The first-order valence-corrected chi connectivity index (χ1v) is 14.5. The van der Waals surface area contributed by atoms with Gasteiger partial charge in [0.1, 0.15) is 37.4 Å². The zero-order chi connectivity index (χ0) is 29.6. The predicted octanol–water partition coefficient (Wildman–Crippen LogP) is 3.35. The van der Waals surface area contributed by atoms with Crippen molar-refractivity contribution in [3.63, 3.8) is 0 Å². The summed E-state index contributed by atoms with van der Waals surface area (Å²) >= 11 is 0. The molecule has 0 aliphatic carbocycles. The number of sulfonamides is 1. The van der Waals surface area contributed by atoms with Crippen LogP contribution in [0.25, 0.3) is 0 Å². The molecular formula is C29H32FN3O7S. The molecule has 1 heterocycles. The van der Waals surface area contributed by atoms with E-state index in [4.69, 9.17) is 14.2 Å². The summed E-state index contributed by atoms with van der Waals surface area (Å²) in [7, 11) is -2.84. The van der Waals surface area contributed by atoms with E-state index in [9.17, 15) is 22.4 Å². The first kappa shape index (κ1) is 29.7. The molecule has 1 atom stereocenters. The number of amides is 2. The van der Waals surface area contributed by atoms with Crippen LogP contribution in [0.2, 0.25) is 0 Å². The van der Waals surface area contributed by atoms with Crippen LogP contribution in [-0.4, -0.2) is 64.6 Å². The SMILES string of the molecule is CCNC(=O)C(C)N(Cc1cccc(OC)c1)C(=O)CN(c1ccc(F)cc1)S(=O)(=O)c1ccc2c(c1)OCCO2. The molecule has 0 spiro atoms. The maximum absolute atomic E-state index is 14.0. The van der Waals surface area contributed by atoms with Gasteiger partial charge in [0.2, 0.25) is 11.8 Å². The van der Waals surface area contributed by atoms with Gasteiger partial charge in [-0.3, -0.25) is 13.9 Å². The Morgan fingerprint density at radius 2 is 1.73 bits per heavy atom. The number of methoxy groups -OCH3 is 1. The predicted molar refractivity (Wildman–Crippen MR) is 150 cm³/mol. The Morgan fingerprint density at radius 3 is 2.41 bits per heavy atom. The molecule has 2 amide bonds. The van der Waals surface area contributed by atoms with Gasteiger partial charge in [-0.1, -0.05) is 12.1 Å². The van der Waals surface area contributed by atoms with E-state index < -0.39 is 40.2 Å². The van der Waals surface area contributed by atoms with Crippen LogP contribution in [0.5, 0.6) is 17.2 Å². The molecule has 1 aliphatic rings. The minimum atomic E-state index is -4.36. The van der Waals surface area contributed by atoms with E-state index in [0.29, 0.717) is 30.2 Å². The minimum Gasteiger partial charge on any atom is -0.497 e. The Balaban J connectivity index is 1.72. The van der Waals surface area contributed by atoms with Crippen molar-refractivity contribution in [2.45, 2.75) is 31.3 Å². The fourth-order valence-corrected chi connectivity index (χ4v) is 5.75. The fourth-order valence-electron chi connectivity index (χ4n) is 4.32. The Hall–Kier alpha value is -4.32. The first-order chi connectivity index (χ1) is 19.6. The van der Waals surface area contributed by atoms with E-state index in [1.807, 2.05) is 0 Å². The zero-order valence-corrected chi connectivity index (χ0v) is 23.8. The quantitative estimate of drug-likeness (QED) is 0.367. The molecule has 10 nitrogen and oxygen atoms in total. The standard InChI is InChI=1S/C29H32FN3O7S/c1-4-31-29(35)20(2)32(18-21-6-5-7-24(16-21)38-3)28(34)19-33(23-10-8-22(30)9-11-23)41(36,37)25-12-13-26-27(17-25)40-15-14-39-26/h5-13,16-17,20H,4,14-15,18-19H2,1-3H3,(H,31,35). The molecule has 1 N–H and O–H groups in total. The Labute approximate surface area is 238 Å². The number of likely N-dealkylation sites (N-methyl/N-ethyl adjacent to an activating group) is 1. The van der Waals surface area contributed by atoms with E-state index >= 15 is 0 Å². The van der Waals surface area contributed by atoms with E-state index in [-0.39, 0.29) is 29.5 Å². The van der Waals surface area contributed by atoms with Crippen LogP contribution in [0.15, 0.2) is 71.6 Å². The molecule has 3 aromatic carbocycles. The van der Waals surface area contributed by atoms with Crippen molar-refractivity contribution >= 4 is 27.5 Å². The molecule has 0 saturated heterocycles. The minimum absolute atomic E-state index is 0.00959. The molecule has 41 heavy (non-hydrogen) atoms. The van der Waals surface area contributed by atoms with Gasteiger partial charge in [-0.15, -0.1) is 0 Å². The summed E-state index contributed by atoms with van der Waals surface area (Å²) in [4.78, 5) is 27.9. The number of fused-ring (bicyclic) bond motifs is 1. The number of halogens is 1. The second-order valence-electron chi connectivity index (χ2n) is 9.24. The summed E-state index contributed by atoms with van der Waals surface area (Å²) in [5, 5.41) is 2.71. The van der Waals surface area contributed by atoms with Crippen molar-refractivity contribution in [1.82, 2.24) is 10.2 Å². The number of anilines is 1. The Kier molecular flexibility index (Phi) is 9.33. The highest BCUT2D eigenvalue weighted by Gasteiger charge is 2.33. The molecule has 1 unspecified atom stereocenters. The molecule has 0 radical (unpaired) electrons. The van der Waals surface area contributed by atoms with Gasteiger partial charge in [0, 0.05) is 19.2 Å². The van der Waals surface area contributed by atoms with Crippen LogP contribution in [0, 0.1) is 5.82 Å². The lowest BCUT2D eigenvalue weighted by atomic mass is 10.1. The molecule has 0 aromatic heterocycles. The van der Waals surface area contributed by atoms with Crippen molar-refractivity contribution < 1.29 is 36.6 Å². The average Bonchev–Trinajstić information content (AvgIpc) is 2.98. The summed E-state index contributed by atoms with van der Waals surface area (Å²) < 4.78 is 59.0. The van der Waals surface area contributed by atoms with Gasteiger partial charge in [0.15, 0.2) is 11.5 Å². The molecule has 12 heteroatoms. The smallest absolute Gasteiger partial charge is 0.264 e. The maximum atomic E-state index is 14.0. The zero-order valence-electron chi connectivity index (χ0n) is 23.0. The third-order valence-electron chi connectivity index (χ3n) is 6.50. The summed E-state index contributed by atoms with van der Waals surface area (Å²) in [6, 6.07) is 15.0. The summed E-state index contributed by atoms with van der Waals surface area (Å²) in [6.45, 7) is 3.63. The number of nitrogens with one attached hydrogen (secondary N) is 1. The van der Waals surface area contributed by atoms with Crippen molar-refractivity contribution in [1.29, 1.82) is 0 Å². The van der Waals surface area contributed by atoms with E-state index in [1.54, 1.807) is 38.1 Å². The topological polar surface area (TPSA) is 114 Å². The van der Waals surface area contributed by atoms with Crippen molar-refractivity contribution in [3.8, 4) is 17.2 Å². The highest BCUT2D eigenvalue weighted by molar-refractivity contribution is 7.92. The largest absolute Gasteiger partial charge is 0.497 e. The second kappa shape index (κ2) is 12.9. The number of carbonyl (C=O) groups is 2. The maximum Gasteiger partial charge on any atom is 0.264 e. The summed E-state index contributed by atoms with van der Waals surface area (Å²) in [6.07, 6.45) is 0. The monoisotopic (exact) mass is 585 g/mol. The van der Waals surface area contributed by atoms with Crippen LogP contribution in [0.1, 0.15) is 19.4 Å². The highest BCUT2D eigenvalue weighted by atomic mass is 32.2. The van der Waals surface area contributed by atoms with Crippen LogP contribution < -0.4 is 23.8 Å². The van der Waals surface area contributed by atoms with E-state index in [0.717, 1.165) is 16.4 Å². The van der Waals surface area contributed by atoms with Crippen LogP contribution in [-0.2, 0) is 26.2 Å². The highest BCUT2D eigenvalue weighted by Crippen LogP contribution is 2.34. The van der Waals surface area contributed by atoms with Crippen LogP contribution in [0.4, 0.5) is 10.1 Å². The number of nitrogens with zero attached hydrogens (tertiary/aromatic N) is 2. The van der Waals surface area contributed by atoms with Gasteiger partial charge >= 0.3 is 0 Å². The number of ether oxygens (including phenoxy) is 3. The Bertz CT molecular complexity index is 1500. The third kappa shape index (κ3) is 6.88. The normalized spacial score (nSPS) is 13.2.